The highest BCUT2D eigenvalue weighted by Gasteiger charge is 2.25. The van der Waals surface area contributed by atoms with Gasteiger partial charge in [0.25, 0.3) is 0 Å². The Balaban J connectivity index is 1.39. The summed E-state index contributed by atoms with van der Waals surface area (Å²) in [5, 5.41) is 13.2. The molecular formula is C17H24FN3O2. The minimum atomic E-state index is -0.611. The van der Waals surface area contributed by atoms with Gasteiger partial charge in [0.2, 0.25) is 5.91 Å². The molecule has 1 aliphatic carbocycles. The molecule has 0 bridgehead atoms. The molecule has 1 heterocycles. The van der Waals surface area contributed by atoms with Crippen molar-refractivity contribution >= 4 is 5.91 Å². The van der Waals surface area contributed by atoms with Crippen LogP contribution in [-0.4, -0.2) is 66.1 Å². The molecule has 1 unspecified atom stereocenters. The van der Waals surface area contributed by atoms with E-state index in [2.05, 4.69) is 15.1 Å². The van der Waals surface area contributed by atoms with Crippen LogP contribution in [0.4, 0.5) is 4.39 Å². The zero-order valence-corrected chi connectivity index (χ0v) is 13.2. The number of rotatable bonds is 6. The molecule has 2 fully saturated rings. The first kappa shape index (κ1) is 16.4. The zero-order valence-electron chi connectivity index (χ0n) is 13.2. The van der Waals surface area contributed by atoms with E-state index in [0.29, 0.717) is 19.1 Å². The number of benzene rings is 1. The molecule has 23 heavy (non-hydrogen) atoms. The highest BCUT2D eigenvalue weighted by atomic mass is 19.1. The molecule has 1 amide bonds. The maximum atomic E-state index is 12.9. The van der Waals surface area contributed by atoms with Gasteiger partial charge in [0.1, 0.15) is 5.82 Å². The van der Waals surface area contributed by atoms with Gasteiger partial charge in [-0.25, -0.2) is 4.39 Å². The van der Waals surface area contributed by atoms with Crippen LogP contribution in [0.25, 0.3) is 0 Å². The van der Waals surface area contributed by atoms with E-state index in [1.165, 1.54) is 12.1 Å². The van der Waals surface area contributed by atoms with Crippen molar-refractivity contribution in [3.05, 3.63) is 35.6 Å². The van der Waals surface area contributed by atoms with E-state index in [1.807, 2.05) is 0 Å². The van der Waals surface area contributed by atoms with E-state index in [0.717, 1.165) is 44.6 Å². The first-order valence-corrected chi connectivity index (χ1v) is 8.28. The van der Waals surface area contributed by atoms with Gasteiger partial charge in [-0.3, -0.25) is 14.6 Å². The van der Waals surface area contributed by atoms with Crippen molar-refractivity contribution in [2.45, 2.75) is 25.0 Å². The monoisotopic (exact) mass is 321 g/mol. The zero-order chi connectivity index (χ0) is 16.2. The highest BCUT2D eigenvalue weighted by molar-refractivity contribution is 5.78. The Labute approximate surface area is 136 Å². The van der Waals surface area contributed by atoms with Gasteiger partial charge in [-0.1, -0.05) is 12.1 Å². The SMILES string of the molecule is O=C(CN1CCN(CC(O)c2ccc(F)cc2)CC1)NC1CC1. The summed E-state index contributed by atoms with van der Waals surface area (Å²) in [4.78, 5) is 16.1. The number of nitrogens with zero attached hydrogens (tertiary/aromatic N) is 2. The fourth-order valence-electron chi connectivity index (χ4n) is 2.87. The van der Waals surface area contributed by atoms with Crippen molar-refractivity contribution in [2.75, 3.05) is 39.3 Å². The number of carbonyl (C=O) groups is 1. The van der Waals surface area contributed by atoms with E-state index < -0.39 is 6.10 Å². The van der Waals surface area contributed by atoms with Crippen LogP contribution < -0.4 is 5.32 Å². The lowest BCUT2D eigenvalue weighted by atomic mass is 10.1. The lowest BCUT2D eigenvalue weighted by molar-refractivity contribution is -0.122. The maximum Gasteiger partial charge on any atom is 0.234 e. The summed E-state index contributed by atoms with van der Waals surface area (Å²) >= 11 is 0. The Morgan fingerprint density at radius 1 is 1.17 bits per heavy atom. The summed E-state index contributed by atoms with van der Waals surface area (Å²) in [6.45, 7) is 4.31. The Hall–Kier alpha value is -1.50. The average molecular weight is 321 g/mol. The van der Waals surface area contributed by atoms with Crippen LogP contribution in [0, 0.1) is 5.82 Å². The summed E-state index contributed by atoms with van der Waals surface area (Å²) in [5.41, 5.74) is 0.734. The Morgan fingerprint density at radius 3 is 2.39 bits per heavy atom. The molecule has 1 atom stereocenters. The number of hydrogen-bond acceptors (Lipinski definition) is 4. The van der Waals surface area contributed by atoms with Crippen LogP contribution >= 0.6 is 0 Å². The Kier molecular flexibility index (Phi) is 5.25. The number of carbonyl (C=O) groups excluding carboxylic acids is 1. The second kappa shape index (κ2) is 7.38. The third kappa shape index (κ3) is 4.99. The van der Waals surface area contributed by atoms with Crippen molar-refractivity contribution < 1.29 is 14.3 Å². The third-order valence-corrected chi connectivity index (χ3v) is 4.46. The molecule has 0 radical (unpaired) electrons. The van der Waals surface area contributed by atoms with E-state index in [1.54, 1.807) is 12.1 Å². The maximum absolute atomic E-state index is 12.9. The number of nitrogens with one attached hydrogen (secondary N) is 1. The lowest BCUT2D eigenvalue weighted by Gasteiger charge is -2.35. The number of amides is 1. The molecule has 0 spiro atoms. The summed E-state index contributed by atoms with van der Waals surface area (Å²) in [5.74, 6) is -0.175. The number of hydrogen-bond donors (Lipinski definition) is 2. The van der Waals surface area contributed by atoms with Gasteiger partial charge >= 0.3 is 0 Å². The van der Waals surface area contributed by atoms with Gasteiger partial charge in [0, 0.05) is 38.8 Å². The van der Waals surface area contributed by atoms with Crippen LogP contribution in [0.3, 0.4) is 0 Å². The van der Waals surface area contributed by atoms with Crippen molar-refractivity contribution in [2.24, 2.45) is 0 Å². The van der Waals surface area contributed by atoms with Crippen LogP contribution in [0.1, 0.15) is 24.5 Å². The van der Waals surface area contributed by atoms with Crippen molar-refractivity contribution in [1.29, 1.82) is 0 Å². The van der Waals surface area contributed by atoms with Crippen LogP contribution in [0.15, 0.2) is 24.3 Å². The fraction of sp³-hybridized carbons (Fsp3) is 0.588. The third-order valence-electron chi connectivity index (χ3n) is 4.46. The largest absolute Gasteiger partial charge is 0.387 e. The minimum Gasteiger partial charge on any atom is -0.387 e. The lowest BCUT2D eigenvalue weighted by Crippen LogP contribution is -2.50. The molecule has 6 heteroatoms. The van der Waals surface area contributed by atoms with Gasteiger partial charge in [0.05, 0.1) is 12.6 Å². The molecule has 2 aliphatic rings. The Bertz CT molecular complexity index is 525. The van der Waals surface area contributed by atoms with Crippen molar-refractivity contribution in [3.63, 3.8) is 0 Å². The van der Waals surface area contributed by atoms with E-state index in [4.69, 9.17) is 0 Å². The molecule has 1 saturated carbocycles. The molecule has 5 nitrogen and oxygen atoms in total. The van der Waals surface area contributed by atoms with Crippen molar-refractivity contribution in [3.8, 4) is 0 Å². The summed E-state index contributed by atoms with van der Waals surface area (Å²) in [6, 6.07) is 6.40. The molecule has 1 aromatic rings. The number of aliphatic hydroxyl groups is 1. The van der Waals surface area contributed by atoms with Crippen LogP contribution in [0.2, 0.25) is 0 Å². The van der Waals surface area contributed by atoms with Gasteiger partial charge < -0.3 is 10.4 Å². The molecule has 1 aromatic carbocycles. The smallest absolute Gasteiger partial charge is 0.234 e. The first-order valence-electron chi connectivity index (χ1n) is 8.28. The number of halogens is 1. The predicted molar refractivity (Wildman–Crippen MR) is 85.4 cm³/mol. The van der Waals surface area contributed by atoms with Gasteiger partial charge in [-0.2, -0.15) is 0 Å². The van der Waals surface area contributed by atoms with Crippen LogP contribution in [-0.2, 0) is 4.79 Å². The second-order valence-electron chi connectivity index (χ2n) is 6.49. The van der Waals surface area contributed by atoms with Gasteiger partial charge in [-0.05, 0) is 30.5 Å². The first-order chi connectivity index (χ1) is 11.1. The van der Waals surface area contributed by atoms with Crippen LogP contribution in [0.5, 0.6) is 0 Å². The number of aliphatic hydroxyl groups excluding tert-OH is 1. The fourth-order valence-corrected chi connectivity index (χ4v) is 2.87. The van der Waals surface area contributed by atoms with Crippen molar-refractivity contribution in [1.82, 2.24) is 15.1 Å². The van der Waals surface area contributed by atoms with E-state index in [9.17, 15) is 14.3 Å². The van der Waals surface area contributed by atoms with E-state index >= 15 is 0 Å². The molecule has 2 N–H and O–H groups in total. The predicted octanol–water partition coefficient (Wildman–Crippen LogP) is 0.755. The molecule has 1 aliphatic heterocycles. The number of piperazine rings is 1. The number of β-amino-alcohol motifs (C(OH)–C–C–N with tert-alkyl or cyclic N) is 1. The average Bonchev–Trinajstić information content (AvgIpc) is 3.33. The summed E-state index contributed by atoms with van der Waals surface area (Å²) in [7, 11) is 0. The summed E-state index contributed by atoms with van der Waals surface area (Å²) < 4.78 is 12.9. The highest BCUT2D eigenvalue weighted by Crippen LogP contribution is 2.18. The quantitative estimate of drug-likeness (QED) is 0.812. The standard InChI is InChI=1S/C17H24FN3O2/c18-14-3-1-13(2-4-14)16(22)11-20-7-9-21(10-8-20)12-17(23)19-15-5-6-15/h1-4,15-16,22H,5-12H2,(H,19,23). The Morgan fingerprint density at radius 2 is 1.78 bits per heavy atom. The van der Waals surface area contributed by atoms with Gasteiger partial charge in [0.15, 0.2) is 0 Å². The summed E-state index contributed by atoms with van der Waals surface area (Å²) in [6.07, 6.45) is 1.61. The molecule has 1 saturated heterocycles. The minimum absolute atomic E-state index is 0.118. The molecular weight excluding hydrogens is 297 g/mol. The second-order valence-corrected chi connectivity index (χ2v) is 6.49. The molecule has 126 valence electrons. The molecule has 0 aromatic heterocycles. The topological polar surface area (TPSA) is 55.8 Å². The normalized spacial score (nSPS) is 21.1. The van der Waals surface area contributed by atoms with E-state index in [-0.39, 0.29) is 11.7 Å². The van der Waals surface area contributed by atoms with Gasteiger partial charge in [-0.15, -0.1) is 0 Å². The molecule has 3 rings (SSSR count).